The Kier molecular flexibility index (Phi) is 2.07. The van der Waals surface area contributed by atoms with Crippen molar-refractivity contribution in [2.45, 2.75) is 45.1 Å². The molecule has 1 N–H and O–H groups in total. The summed E-state index contributed by atoms with van der Waals surface area (Å²) in [6.45, 7) is 2.33. The van der Waals surface area contributed by atoms with Crippen LogP contribution >= 0.6 is 0 Å². The number of carbonyl (C=O) groups is 1. The van der Waals surface area contributed by atoms with Crippen LogP contribution in [0.3, 0.4) is 0 Å². The van der Waals surface area contributed by atoms with Crippen LogP contribution in [0.2, 0.25) is 0 Å². The zero-order valence-corrected chi connectivity index (χ0v) is 7.68. The van der Waals surface area contributed by atoms with E-state index in [1.165, 1.54) is 25.7 Å². The van der Waals surface area contributed by atoms with Crippen LogP contribution in [-0.2, 0) is 4.79 Å². The van der Waals surface area contributed by atoms with E-state index >= 15 is 0 Å². The highest BCUT2D eigenvalue weighted by molar-refractivity contribution is 5.82. The minimum Gasteiger partial charge on any atom is -0.353 e. The maximum absolute atomic E-state index is 10.7. The van der Waals surface area contributed by atoms with Gasteiger partial charge in [0.25, 0.3) is 0 Å². The fraction of sp³-hybridized carbons (Fsp3) is 0.900. The third-order valence-electron chi connectivity index (χ3n) is 3.30. The Morgan fingerprint density at radius 1 is 1.42 bits per heavy atom. The van der Waals surface area contributed by atoms with Gasteiger partial charge in [0.15, 0.2) is 0 Å². The van der Waals surface area contributed by atoms with Gasteiger partial charge in [-0.1, -0.05) is 19.8 Å². The van der Waals surface area contributed by atoms with Gasteiger partial charge in [0.1, 0.15) is 0 Å². The summed E-state index contributed by atoms with van der Waals surface area (Å²) >= 11 is 0. The molecule has 0 radical (unpaired) electrons. The molecule has 3 unspecified atom stereocenters. The molecule has 2 rings (SSSR count). The van der Waals surface area contributed by atoms with Crippen molar-refractivity contribution in [3.05, 3.63) is 0 Å². The first-order chi connectivity index (χ1) is 5.75. The van der Waals surface area contributed by atoms with Gasteiger partial charge in [0.2, 0.25) is 5.91 Å². The summed E-state index contributed by atoms with van der Waals surface area (Å²) in [5.41, 5.74) is 0. The van der Waals surface area contributed by atoms with E-state index in [4.69, 9.17) is 0 Å². The zero-order valence-electron chi connectivity index (χ0n) is 7.68. The lowest BCUT2D eigenvalue weighted by Gasteiger charge is -2.38. The fourth-order valence-electron chi connectivity index (χ4n) is 2.52. The summed E-state index contributed by atoms with van der Waals surface area (Å²) in [5.74, 6) is 1.91. The monoisotopic (exact) mass is 167 g/mol. The zero-order chi connectivity index (χ0) is 8.55. The van der Waals surface area contributed by atoms with Crippen molar-refractivity contribution in [2.24, 2.45) is 11.8 Å². The lowest BCUT2D eigenvalue weighted by atomic mass is 9.76. The van der Waals surface area contributed by atoms with E-state index in [1.807, 2.05) is 0 Å². The fourth-order valence-corrected chi connectivity index (χ4v) is 2.52. The molecular formula is C10H17NO. The van der Waals surface area contributed by atoms with E-state index in [1.54, 1.807) is 0 Å². The van der Waals surface area contributed by atoms with E-state index < -0.39 is 0 Å². The second-order valence-electron chi connectivity index (χ2n) is 4.41. The second-order valence-corrected chi connectivity index (χ2v) is 4.41. The number of nitrogens with one attached hydrogen (secondary N) is 1. The molecule has 1 saturated carbocycles. The Hall–Kier alpha value is -0.530. The largest absolute Gasteiger partial charge is 0.353 e. The number of hydrogen-bond acceptors (Lipinski definition) is 1. The Morgan fingerprint density at radius 2 is 2.17 bits per heavy atom. The van der Waals surface area contributed by atoms with Crippen LogP contribution in [0.25, 0.3) is 0 Å². The standard InChI is InChI=1S/C10H17NO/c1-7-3-2-4-8(5-7)9-6-10(12)11-9/h7-9H,2-6H2,1H3,(H,11,12). The van der Waals surface area contributed by atoms with Gasteiger partial charge in [0.05, 0.1) is 0 Å². The molecule has 68 valence electrons. The van der Waals surface area contributed by atoms with Crippen LogP contribution in [0.1, 0.15) is 39.0 Å². The van der Waals surface area contributed by atoms with E-state index in [9.17, 15) is 4.79 Å². The van der Waals surface area contributed by atoms with Gasteiger partial charge >= 0.3 is 0 Å². The third kappa shape index (κ3) is 1.47. The lowest BCUT2D eigenvalue weighted by Crippen LogP contribution is -2.53. The van der Waals surface area contributed by atoms with E-state index in [0.717, 1.165) is 18.3 Å². The van der Waals surface area contributed by atoms with Gasteiger partial charge in [-0.05, 0) is 24.7 Å². The van der Waals surface area contributed by atoms with Gasteiger partial charge in [-0.15, -0.1) is 0 Å². The van der Waals surface area contributed by atoms with Crippen molar-refractivity contribution >= 4 is 5.91 Å². The molecule has 1 heterocycles. The van der Waals surface area contributed by atoms with Crippen LogP contribution in [0.15, 0.2) is 0 Å². The van der Waals surface area contributed by atoms with Crippen molar-refractivity contribution in [3.8, 4) is 0 Å². The predicted molar refractivity (Wildman–Crippen MR) is 47.7 cm³/mol. The summed E-state index contributed by atoms with van der Waals surface area (Å²) in [6.07, 6.45) is 6.19. The van der Waals surface area contributed by atoms with E-state index in [0.29, 0.717) is 6.04 Å². The van der Waals surface area contributed by atoms with Crippen LogP contribution in [0.4, 0.5) is 0 Å². The Balaban J connectivity index is 1.83. The number of β-lactam (4-membered cyclic amide) rings is 1. The summed E-state index contributed by atoms with van der Waals surface area (Å²) in [5, 5.41) is 2.99. The molecule has 2 nitrogen and oxygen atoms in total. The summed E-state index contributed by atoms with van der Waals surface area (Å²) in [6, 6.07) is 0.528. The molecule has 0 aromatic rings. The van der Waals surface area contributed by atoms with Crippen molar-refractivity contribution < 1.29 is 4.79 Å². The SMILES string of the molecule is CC1CCCC(C2CC(=O)N2)C1. The molecule has 2 heteroatoms. The molecule has 1 saturated heterocycles. The molecule has 2 fully saturated rings. The topological polar surface area (TPSA) is 29.1 Å². The van der Waals surface area contributed by atoms with Gasteiger partial charge in [-0.2, -0.15) is 0 Å². The van der Waals surface area contributed by atoms with Gasteiger partial charge in [-0.25, -0.2) is 0 Å². The van der Waals surface area contributed by atoms with Crippen LogP contribution in [0.5, 0.6) is 0 Å². The smallest absolute Gasteiger partial charge is 0.222 e. The Labute approximate surface area is 73.7 Å². The van der Waals surface area contributed by atoms with E-state index in [2.05, 4.69) is 12.2 Å². The normalized spacial score (nSPS) is 41.8. The molecule has 0 aromatic heterocycles. The minimum absolute atomic E-state index is 0.248. The average Bonchev–Trinajstić information content (AvgIpc) is 1.99. The molecule has 0 bridgehead atoms. The van der Waals surface area contributed by atoms with Gasteiger partial charge in [-0.3, -0.25) is 4.79 Å². The highest BCUT2D eigenvalue weighted by atomic mass is 16.2. The Bertz CT molecular complexity index is 182. The molecule has 1 aliphatic carbocycles. The molecule has 2 aliphatic rings. The van der Waals surface area contributed by atoms with Crippen molar-refractivity contribution in [1.82, 2.24) is 5.32 Å². The number of carbonyl (C=O) groups excluding carboxylic acids is 1. The molecule has 1 amide bonds. The predicted octanol–water partition coefficient (Wildman–Crippen LogP) is 1.70. The maximum atomic E-state index is 10.7. The minimum atomic E-state index is 0.248. The quantitative estimate of drug-likeness (QED) is 0.592. The first-order valence-corrected chi connectivity index (χ1v) is 5.05. The number of rotatable bonds is 1. The van der Waals surface area contributed by atoms with Crippen LogP contribution < -0.4 is 5.32 Å². The number of amides is 1. The van der Waals surface area contributed by atoms with Gasteiger partial charge < -0.3 is 5.32 Å². The molecule has 1 aliphatic heterocycles. The molecule has 0 aromatic carbocycles. The van der Waals surface area contributed by atoms with Crippen molar-refractivity contribution in [1.29, 1.82) is 0 Å². The van der Waals surface area contributed by atoms with Crippen molar-refractivity contribution in [3.63, 3.8) is 0 Å². The van der Waals surface area contributed by atoms with E-state index in [-0.39, 0.29) is 5.91 Å². The summed E-state index contributed by atoms with van der Waals surface area (Å²) in [7, 11) is 0. The highest BCUT2D eigenvalue weighted by Gasteiger charge is 2.34. The highest BCUT2D eigenvalue weighted by Crippen LogP contribution is 2.33. The van der Waals surface area contributed by atoms with Crippen molar-refractivity contribution in [2.75, 3.05) is 0 Å². The molecule has 0 spiro atoms. The summed E-state index contributed by atoms with van der Waals surface area (Å²) < 4.78 is 0. The lowest BCUT2D eigenvalue weighted by molar-refractivity contribution is -0.129. The summed E-state index contributed by atoms with van der Waals surface area (Å²) in [4.78, 5) is 10.7. The molecular weight excluding hydrogens is 150 g/mol. The average molecular weight is 167 g/mol. The van der Waals surface area contributed by atoms with Crippen LogP contribution in [0, 0.1) is 11.8 Å². The second kappa shape index (κ2) is 3.08. The van der Waals surface area contributed by atoms with Gasteiger partial charge in [0, 0.05) is 12.5 Å². The first kappa shape index (κ1) is 8.09. The third-order valence-corrected chi connectivity index (χ3v) is 3.30. The maximum Gasteiger partial charge on any atom is 0.222 e. The molecule has 3 atom stereocenters. The van der Waals surface area contributed by atoms with Crippen LogP contribution in [-0.4, -0.2) is 11.9 Å². The number of hydrogen-bond donors (Lipinski definition) is 1. The molecule has 12 heavy (non-hydrogen) atoms. The Morgan fingerprint density at radius 3 is 2.75 bits per heavy atom. The first-order valence-electron chi connectivity index (χ1n) is 5.05.